The van der Waals surface area contributed by atoms with Gasteiger partial charge in [-0.2, -0.15) is 0 Å². The summed E-state index contributed by atoms with van der Waals surface area (Å²) in [6.07, 6.45) is 2.50. The second-order valence-corrected chi connectivity index (χ2v) is 7.67. The molecule has 0 amide bonds. The molecule has 0 radical (unpaired) electrons. The number of aliphatic carboxylic acids is 1. The number of hydrogen-bond donors (Lipinski definition) is 1. The fourth-order valence-corrected chi connectivity index (χ4v) is 3.40. The van der Waals surface area contributed by atoms with Crippen LogP contribution in [0.15, 0.2) is 42.5 Å². The van der Waals surface area contributed by atoms with Gasteiger partial charge in [0.05, 0.1) is 11.5 Å². The van der Waals surface area contributed by atoms with Crippen molar-refractivity contribution in [1.29, 1.82) is 0 Å². The molecule has 26 heavy (non-hydrogen) atoms. The molecule has 0 aromatic heterocycles. The van der Waals surface area contributed by atoms with Gasteiger partial charge in [0.2, 0.25) is 0 Å². The van der Waals surface area contributed by atoms with Crippen LogP contribution in [0.1, 0.15) is 39.2 Å². The van der Waals surface area contributed by atoms with Crippen LogP contribution in [-0.4, -0.2) is 17.2 Å². The molecule has 2 aromatic rings. The zero-order valence-electron chi connectivity index (χ0n) is 15.5. The van der Waals surface area contributed by atoms with Crippen molar-refractivity contribution >= 4 is 5.97 Å². The molecule has 2 aromatic carbocycles. The highest BCUT2D eigenvalue weighted by Crippen LogP contribution is 2.54. The lowest BCUT2D eigenvalue weighted by atomic mass is 9.98. The quantitative estimate of drug-likeness (QED) is 0.730. The molecule has 1 aliphatic carbocycles. The lowest BCUT2D eigenvalue weighted by Crippen LogP contribution is -2.13. The molecular weight excluding hydrogens is 331 g/mol. The van der Waals surface area contributed by atoms with E-state index in [9.17, 15) is 14.3 Å². The topological polar surface area (TPSA) is 46.5 Å². The van der Waals surface area contributed by atoms with E-state index in [0.717, 1.165) is 30.4 Å². The van der Waals surface area contributed by atoms with Crippen LogP contribution in [0.25, 0.3) is 11.1 Å². The Morgan fingerprint density at radius 3 is 2.54 bits per heavy atom. The van der Waals surface area contributed by atoms with Crippen molar-refractivity contribution in [3.05, 3.63) is 53.8 Å². The molecule has 3 nitrogen and oxygen atoms in total. The summed E-state index contributed by atoms with van der Waals surface area (Å²) < 4.78 is 19.9. The lowest BCUT2D eigenvalue weighted by molar-refractivity contribution is -0.143. The third-order valence-electron chi connectivity index (χ3n) is 5.26. The van der Waals surface area contributed by atoms with Gasteiger partial charge in [-0.25, -0.2) is 4.39 Å². The van der Waals surface area contributed by atoms with Crippen molar-refractivity contribution in [2.24, 2.45) is 11.3 Å². The molecule has 4 heteroatoms. The number of ether oxygens (including phenoxy) is 1. The van der Waals surface area contributed by atoms with Crippen LogP contribution in [0.3, 0.4) is 0 Å². The predicted octanol–water partition coefficient (Wildman–Crippen LogP) is 5.32. The molecule has 0 bridgehead atoms. The fourth-order valence-electron chi connectivity index (χ4n) is 3.40. The van der Waals surface area contributed by atoms with E-state index >= 15 is 0 Å². The summed E-state index contributed by atoms with van der Waals surface area (Å²) in [5.74, 6) is -0.0648. The Morgan fingerprint density at radius 1 is 1.27 bits per heavy atom. The smallest absolute Gasteiger partial charge is 0.309 e. The van der Waals surface area contributed by atoms with Crippen molar-refractivity contribution in [1.82, 2.24) is 0 Å². The summed E-state index contributed by atoms with van der Waals surface area (Å²) in [6, 6.07) is 12.6. The van der Waals surface area contributed by atoms with Crippen molar-refractivity contribution < 1.29 is 19.0 Å². The Labute approximate surface area is 153 Å². The fraction of sp³-hybridized carbons (Fsp3) is 0.409. The summed E-state index contributed by atoms with van der Waals surface area (Å²) in [5.41, 5.74) is 1.93. The molecule has 1 saturated carbocycles. The van der Waals surface area contributed by atoms with Gasteiger partial charge in [0.1, 0.15) is 11.6 Å². The molecule has 0 heterocycles. The second-order valence-electron chi connectivity index (χ2n) is 7.67. The van der Waals surface area contributed by atoms with Gasteiger partial charge in [0.25, 0.3) is 0 Å². The van der Waals surface area contributed by atoms with E-state index < -0.39 is 11.4 Å². The maximum Gasteiger partial charge on any atom is 0.309 e. The van der Waals surface area contributed by atoms with Gasteiger partial charge in [0, 0.05) is 5.56 Å². The minimum atomic E-state index is -0.697. The SMILES string of the molecule is CC(C)Oc1ccc(F)c(-c2ccc(CC[C@@H]3C[C@@]3(C)C(=O)O)cc2)c1. The summed E-state index contributed by atoms with van der Waals surface area (Å²) in [7, 11) is 0. The zero-order valence-corrected chi connectivity index (χ0v) is 15.5. The first kappa shape index (κ1) is 18.4. The lowest BCUT2D eigenvalue weighted by Gasteiger charge is -2.12. The third-order valence-corrected chi connectivity index (χ3v) is 5.26. The van der Waals surface area contributed by atoms with Crippen LogP contribution in [0.2, 0.25) is 0 Å². The molecule has 0 unspecified atom stereocenters. The number of aryl methyl sites for hydroxylation is 1. The number of benzene rings is 2. The highest BCUT2D eigenvalue weighted by Gasteiger charge is 2.55. The number of halogens is 1. The van der Waals surface area contributed by atoms with Crippen molar-refractivity contribution in [2.45, 2.75) is 46.1 Å². The minimum absolute atomic E-state index is 0.0367. The number of rotatable bonds is 7. The van der Waals surface area contributed by atoms with E-state index in [4.69, 9.17) is 4.74 Å². The predicted molar refractivity (Wildman–Crippen MR) is 99.8 cm³/mol. The highest BCUT2D eigenvalue weighted by atomic mass is 19.1. The monoisotopic (exact) mass is 356 g/mol. The van der Waals surface area contributed by atoms with E-state index in [2.05, 4.69) is 0 Å². The summed E-state index contributed by atoms with van der Waals surface area (Å²) in [6.45, 7) is 5.69. The Morgan fingerprint density at radius 2 is 1.96 bits per heavy atom. The van der Waals surface area contributed by atoms with Crippen molar-refractivity contribution in [3.8, 4) is 16.9 Å². The van der Waals surface area contributed by atoms with Gasteiger partial charge in [-0.15, -0.1) is 0 Å². The maximum absolute atomic E-state index is 14.2. The molecule has 3 rings (SSSR count). The normalized spacial score (nSPS) is 21.7. The minimum Gasteiger partial charge on any atom is -0.491 e. The van der Waals surface area contributed by atoms with Gasteiger partial charge < -0.3 is 9.84 Å². The van der Waals surface area contributed by atoms with Gasteiger partial charge in [0.15, 0.2) is 0 Å². The van der Waals surface area contributed by atoms with E-state index in [-0.39, 0.29) is 17.8 Å². The standard InChI is InChI=1S/C22H25FO3/c1-14(2)26-18-10-11-20(23)19(12-18)16-7-4-15(5-8-16)6-9-17-13-22(17,3)21(24)25/h4-5,7-8,10-12,14,17H,6,9,13H2,1-3H3,(H,24,25)/t17-,22-/m1/s1. The van der Waals surface area contributed by atoms with Crippen LogP contribution in [-0.2, 0) is 11.2 Å². The first-order chi connectivity index (χ1) is 12.3. The molecule has 1 N–H and O–H groups in total. The molecular formula is C22H25FO3. The van der Waals surface area contributed by atoms with Crippen LogP contribution in [0.4, 0.5) is 4.39 Å². The van der Waals surface area contributed by atoms with E-state index in [0.29, 0.717) is 11.3 Å². The highest BCUT2D eigenvalue weighted by molar-refractivity contribution is 5.78. The average Bonchev–Trinajstić information content (AvgIpc) is 3.27. The number of hydrogen-bond acceptors (Lipinski definition) is 2. The average molecular weight is 356 g/mol. The van der Waals surface area contributed by atoms with Gasteiger partial charge in [-0.05, 0) is 75.3 Å². The second kappa shape index (κ2) is 7.10. The Balaban J connectivity index is 1.67. The third kappa shape index (κ3) is 3.90. The Hall–Kier alpha value is -2.36. The Kier molecular flexibility index (Phi) is 5.03. The van der Waals surface area contributed by atoms with Crippen molar-refractivity contribution in [2.75, 3.05) is 0 Å². The number of carboxylic acid groups (broad SMARTS) is 1. The summed E-state index contributed by atoms with van der Waals surface area (Å²) in [5, 5.41) is 9.20. The molecule has 1 aliphatic rings. The largest absolute Gasteiger partial charge is 0.491 e. The molecule has 0 aliphatic heterocycles. The van der Waals surface area contributed by atoms with Gasteiger partial charge in [-0.1, -0.05) is 24.3 Å². The first-order valence-electron chi connectivity index (χ1n) is 9.08. The molecule has 138 valence electrons. The van der Waals surface area contributed by atoms with Crippen molar-refractivity contribution in [3.63, 3.8) is 0 Å². The first-order valence-corrected chi connectivity index (χ1v) is 9.08. The molecule has 1 fully saturated rings. The summed E-state index contributed by atoms with van der Waals surface area (Å²) >= 11 is 0. The number of carbonyl (C=O) groups is 1. The molecule has 0 saturated heterocycles. The maximum atomic E-state index is 14.2. The van der Waals surface area contributed by atoms with E-state index in [1.165, 1.54) is 6.07 Å². The van der Waals surface area contributed by atoms with Crippen LogP contribution in [0.5, 0.6) is 5.75 Å². The summed E-state index contributed by atoms with van der Waals surface area (Å²) in [4.78, 5) is 11.2. The van der Waals surface area contributed by atoms with Gasteiger partial charge >= 0.3 is 5.97 Å². The number of carboxylic acids is 1. The zero-order chi connectivity index (χ0) is 18.9. The van der Waals surface area contributed by atoms with Gasteiger partial charge in [-0.3, -0.25) is 4.79 Å². The molecule has 0 spiro atoms. The Bertz CT molecular complexity index is 798. The van der Waals surface area contributed by atoms with Crippen LogP contribution < -0.4 is 4.74 Å². The van der Waals surface area contributed by atoms with E-state index in [1.54, 1.807) is 12.1 Å². The van der Waals surface area contributed by atoms with Crippen LogP contribution >= 0.6 is 0 Å². The van der Waals surface area contributed by atoms with Crippen LogP contribution in [0, 0.1) is 17.2 Å². The molecule has 2 atom stereocenters. The van der Waals surface area contributed by atoms with E-state index in [1.807, 2.05) is 45.0 Å².